The SMILES string of the molecule is O=C(CCn1ccc(C(=O)O)n1)Nc1nn(Cc2ccc(Br)cc2)cc1Cl. The van der Waals surface area contributed by atoms with Gasteiger partial charge in [0.15, 0.2) is 11.5 Å². The predicted molar refractivity (Wildman–Crippen MR) is 103 cm³/mol. The van der Waals surface area contributed by atoms with Crippen molar-refractivity contribution in [1.82, 2.24) is 19.6 Å². The normalized spacial score (nSPS) is 10.7. The van der Waals surface area contributed by atoms with Crippen molar-refractivity contribution in [2.45, 2.75) is 19.5 Å². The van der Waals surface area contributed by atoms with Gasteiger partial charge in [-0.15, -0.1) is 0 Å². The molecular weight excluding hydrogens is 438 g/mol. The molecule has 0 atom stereocenters. The molecule has 2 heterocycles. The monoisotopic (exact) mass is 451 g/mol. The van der Waals surface area contributed by atoms with Crippen molar-refractivity contribution >= 4 is 45.2 Å². The first-order valence-corrected chi connectivity index (χ1v) is 9.12. The molecule has 3 aromatic rings. The van der Waals surface area contributed by atoms with Crippen LogP contribution in [-0.4, -0.2) is 36.5 Å². The van der Waals surface area contributed by atoms with E-state index in [1.165, 1.54) is 16.9 Å². The minimum Gasteiger partial charge on any atom is -0.476 e. The Morgan fingerprint density at radius 2 is 1.89 bits per heavy atom. The number of amides is 1. The van der Waals surface area contributed by atoms with Crippen LogP contribution in [0.3, 0.4) is 0 Å². The molecule has 27 heavy (non-hydrogen) atoms. The fourth-order valence-corrected chi connectivity index (χ4v) is 2.81. The molecule has 0 spiro atoms. The average molecular weight is 453 g/mol. The zero-order chi connectivity index (χ0) is 19.4. The number of carbonyl (C=O) groups excluding carboxylic acids is 1. The number of anilines is 1. The minimum absolute atomic E-state index is 0.0647. The predicted octanol–water partition coefficient (Wildman–Crippen LogP) is 3.27. The summed E-state index contributed by atoms with van der Waals surface area (Å²) in [6, 6.07) is 9.18. The number of hydrogen-bond donors (Lipinski definition) is 2. The number of nitrogens with one attached hydrogen (secondary N) is 1. The van der Waals surface area contributed by atoms with Crippen molar-refractivity contribution in [3.8, 4) is 0 Å². The molecule has 0 unspecified atom stereocenters. The van der Waals surface area contributed by atoms with Crippen molar-refractivity contribution in [2.24, 2.45) is 0 Å². The largest absolute Gasteiger partial charge is 0.476 e. The second-order valence-corrected chi connectivity index (χ2v) is 7.04. The summed E-state index contributed by atoms with van der Waals surface area (Å²) in [5.41, 5.74) is 0.980. The molecule has 0 aliphatic heterocycles. The van der Waals surface area contributed by atoms with Gasteiger partial charge in [-0.05, 0) is 23.8 Å². The lowest BCUT2D eigenvalue weighted by atomic mass is 10.2. The Balaban J connectivity index is 1.56. The molecule has 0 bridgehead atoms. The maximum absolute atomic E-state index is 12.1. The van der Waals surface area contributed by atoms with Crippen LogP contribution >= 0.6 is 27.5 Å². The number of rotatable bonds is 7. The number of halogens is 2. The Hall–Kier alpha value is -2.65. The molecule has 2 N–H and O–H groups in total. The standard InChI is InChI=1S/C17H15BrClN5O3/c18-12-3-1-11(2-4-12)9-24-10-13(19)16(22-24)20-15(25)6-8-23-7-5-14(21-23)17(26)27/h1-5,7,10H,6,8-9H2,(H,26,27)(H,20,22,25). The highest BCUT2D eigenvalue weighted by Gasteiger charge is 2.12. The van der Waals surface area contributed by atoms with Gasteiger partial charge in [0, 0.05) is 29.8 Å². The smallest absolute Gasteiger partial charge is 0.356 e. The Bertz CT molecular complexity index is 967. The van der Waals surface area contributed by atoms with Crippen LogP contribution < -0.4 is 5.32 Å². The van der Waals surface area contributed by atoms with Gasteiger partial charge in [0.25, 0.3) is 0 Å². The summed E-state index contributed by atoms with van der Waals surface area (Å²) < 4.78 is 4.04. The lowest BCUT2D eigenvalue weighted by Crippen LogP contribution is -2.16. The molecule has 8 nitrogen and oxygen atoms in total. The Labute approximate surface area is 167 Å². The van der Waals surface area contributed by atoms with Gasteiger partial charge in [-0.2, -0.15) is 10.2 Å². The Morgan fingerprint density at radius 3 is 2.56 bits per heavy atom. The molecule has 1 aromatic carbocycles. The summed E-state index contributed by atoms with van der Waals surface area (Å²) in [5, 5.41) is 20.0. The third kappa shape index (κ3) is 5.18. The van der Waals surface area contributed by atoms with Crippen LogP contribution in [0.4, 0.5) is 5.82 Å². The van der Waals surface area contributed by atoms with Crippen molar-refractivity contribution in [1.29, 1.82) is 0 Å². The summed E-state index contributed by atoms with van der Waals surface area (Å²) in [5.74, 6) is -1.12. The van der Waals surface area contributed by atoms with Crippen LogP contribution in [0.25, 0.3) is 0 Å². The highest BCUT2D eigenvalue weighted by molar-refractivity contribution is 9.10. The Kier molecular flexibility index (Phi) is 5.92. The first kappa shape index (κ1) is 19.1. The summed E-state index contributed by atoms with van der Waals surface area (Å²) in [6.45, 7) is 0.768. The topological polar surface area (TPSA) is 102 Å². The van der Waals surface area contributed by atoms with Gasteiger partial charge in [0.2, 0.25) is 5.91 Å². The van der Waals surface area contributed by atoms with Crippen molar-refractivity contribution in [3.05, 3.63) is 63.5 Å². The quantitative estimate of drug-likeness (QED) is 0.573. The number of aromatic carboxylic acids is 1. The maximum Gasteiger partial charge on any atom is 0.356 e. The van der Waals surface area contributed by atoms with E-state index in [1.807, 2.05) is 24.3 Å². The van der Waals surface area contributed by atoms with E-state index in [0.717, 1.165) is 10.0 Å². The van der Waals surface area contributed by atoms with Gasteiger partial charge < -0.3 is 10.4 Å². The van der Waals surface area contributed by atoms with Gasteiger partial charge in [0.1, 0.15) is 5.02 Å². The second-order valence-electron chi connectivity index (χ2n) is 5.72. The van der Waals surface area contributed by atoms with Crippen LogP contribution in [0.5, 0.6) is 0 Å². The second kappa shape index (κ2) is 8.36. The van der Waals surface area contributed by atoms with Gasteiger partial charge in [-0.1, -0.05) is 39.7 Å². The molecule has 0 fully saturated rings. The van der Waals surface area contributed by atoms with Gasteiger partial charge >= 0.3 is 5.97 Å². The van der Waals surface area contributed by atoms with Crippen LogP contribution in [0, 0.1) is 0 Å². The molecule has 2 aromatic heterocycles. The summed E-state index contributed by atoms with van der Waals surface area (Å²) in [4.78, 5) is 22.9. The van der Waals surface area contributed by atoms with Crippen LogP contribution in [0.2, 0.25) is 5.02 Å². The van der Waals surface area contributed by atoms with E-state index in [2.05, 4.69) is 31.4 Å². The first-order chi connectivity index (χ1) is 12.9. The number of carbonyl (C=O) groups is 2. The minimum atomic E-state index is -1.11. The molecular formula is C17H15BrClN5O3. The molecule has 0 saturated heterocycles. The van der Waals surface area contributed by atoms with Gasteiger partial charge in [-0.25, -0.2) is 4.79 Å². The van der Waals surface area contributed by atoms with Crippen molar-refractivity contribution < 1.29 is 14.7 Å². The van der Waals surface area contributed by atoms with E-state index in [1.54, 1.807) is 10.9 Å². The third-order valence-corrected chi connectivity index (χ3v) is 4.47. The number of aromatic nitrogens is 4. The van der Waals surface area contributed by atoms with Crippen LogP contribution in [0.1, 0.15) is 22.5 Å². The van der Waals surface area contributed by atoms with E-state index < -0.39 is 5.97 Å². The van der Waals surface area contributed by atoms with E-state index in [9.17, 15) is 9.59 Å². The average Bonchev–Trinajstić information content (AvgIpc) is 3.22. The highest BCUT2D eigenvalue weighted by atomic mass is 79.9. The fraction of sp³-hybridized carbons (Fsp3) is 0.176. The van der Waals surface area contributed by atoms with Crippen LogP contribution in [-0.2, 0) is 17.9 Å². The number of benzene rings is 1. The molecule has 1 amide bonds. The van der Waals surface area contributed by atoms with Crippen LogP contribution in [0.15, 0.2) is 47.2 Å². The first-order valence-electron chi connectivity index (χ1n) is 7.95. The molecule has 0 aliphatic carbocycles. The molecule has 0 saturated carbocycles. The van der Waals surface area contributed by atoms with Crippen molar-refractivity contribution in [2.75, 3.05) is 5.32 Å². The lowest BCUT2D eigenvalue weighted by molar-refractivity contribution is -0.116. The zero-order valence-corrected chi connectivity index (χ0v) is 16.3. The highest BCUT2D eigenvalue weighted by Crippen LogP contribution is 2.20. The Morgan fingerprint density at radius 1 is 1.15 bits per heavy atom. The molecule has 140 valence electrons. The van der Waals surface area contributed by atoms with Gasteiger partial charge in [-0.3, -0.25) is 14.2 Å². The molecule has 0 aliphatic rings. The van der Waals surface area contributed by atoms with E-state index >= 15 is 0 Å². The van der Waals surface area contributed by atoms with Crippen molar-refractivity contribution in [3.63, 3.8) is 0 Å². The molecule has 10 heteroatoms. The number of hydrogen-bond acceptors (Lipinski definition) is 4. The molecule has 3 rings (SSSR count). The number of carboxylic acid groups (broad SMARTS) is 1. The summed E-state index contributed by atoms with van der Waals surface area (Å²) in [7, 11) is 0. The number of aryl methyl sites for hydroxylation is 1. The van der Waals surface area contributed by atoms with E-state index in [-0.39, 0.29) is 30.4 Å². The number of carboxylic acids is 1. The summed E-state index contributed by atoms with van der Waals surface area (Å²) >= 11 is 9.53. The van der Waals surface area contributed by atoms with E-state index in [0.29, 0.717) is 11.6 Å². The lowest BCUT2D eigenvalue weighted by Gasteiger charge is -2.04. The fourth-order valence-electron chi connectivity index (χ4n) is 2.35. The maximum atomic E-state index is 12.1. The zero-order valence-electron chi connectivity index (χ0n) is 14.0. The third-order valence-electron chi connectivity index (χ3n) is 3.66. The van der Waals surface area contributed by atoms with E-state index in [4.69, 9.17) is 16.7 Å². The number of nitrogens with zero attached hydrogens (tertiary/aromatic N) is 4. The van der Waals surface area contributed by atoms with Gasteiger partial charge in [0.05, 0.1) is 6.54 Å². The molecule has 0 radical (unpaired) electrons. The summed E-state index contributed by atoms with van der Waals surface area (Å²) in [6.07, 6.45) is 3.26.